The summed E-state index contributed by atoms with van der Waals surface area (Å²) in [4.78, 5) is 14.3. The number of carbonyl (C=O) groups excluding carboxylic acids is 1. The number of halogens is 3. The van der Waals surface area contributed by atoms with E-state index >= 15 is 0 Å². The molecule has 0 aromatic carbocycles. The van der Waals surface area contributed by atoms with E-state index in [9.17, 15) is 13.6 Å². The molecule has 0 aliphatic carbocycles. The van der Waals surface area contributed by atoms with E-state index < -0.39 is 25.8 Å². The van der Waals surface area contributed by atoms with Crippen molar-refractivity contribution < 1.29 is 13.6 Å². The number of aromatic nitrogens is 1. The van der Waals surface area contributed by atoms with Gasteiger partial charge in [-0.05, 0) is 27.2 Å². The summed E-state index contributed by atoms with van der Waals surface area (Å²) in [6.07, 6.45) is -1.93. The normalized spacial score (nSPS) is 13.4. The van der Waals surface area contributed by atoms with Crippen LogP contribution in [0.2, 0.25) is 18.1 Å². The number of hydrogen-bond acceptors (Lipinski definition) is 2. The summed E-state index contributed by atoms with van der Waals surface area (Å²) in [5.41, 5.74) is -0.397. The second-order valence-corrected chi connectivity index (χ2v) is 10.6. The topological polar surface area (TPSA) is 30.0 Å². The maximum atomic E-state index is 14.5. The minimum Gasteiger partial charge on any atom is -0.300 e. The number of hydrogen-bond donors (Lipinski definition) is 0. The van der Waals surface area contributed by atoms with Crippen LogP contribution in [0.5, 0.6) is 0 Å². The van der Waals surface area contributed by atoms with Gasteiger partial charge < -0.3 is 0 Å². The van der Waals surface area contributed by atoms with Crippen LogP contribution >= 0.6 is 15.9 Å². The maximum Gasteiger partial charge on any atom is 0.200 e. The highest BCUT2D eigenvalue weighted by molar-refractivity contribution is 9.10. The molecule has 0 radical (unpaired) electrons. The summed E-state index contributed by atoms with van der Waals surface area (Å²) >= 11 is 3.19. The molecule has 0 bridgehead atoms. The predicted octanol–water partition coefficient (Wildman–Crippen LogP) is 3.91. The molecule has 0 fully saturated rings. The number of nitrogens with zero attached hydrogens (tertiary/aromatic N) is 1. The molecule has 1 heterocycles. The Kier molecular flexibility index (Phi) is 5.79. The summed E-state index contributed by atoms with van der Waals surface area (Å²) < 4.78 is 28.4. The van der Waals surface area contributed by atoms with Gasteiger partial charge in [0.2, 0.25) is 0 Å². The van der Waals surface area contributed by atoms with Gasteiger partial charge in [-0.15, -0.1) is 0 Å². The lowest BCUT2D eigenvalue weighted by Gasteiger charge is -2.29. The van der Waals surface area contributed by atoms with E-state index in [1.807, 2.05) is 20.8 Å². The van der Waals surface area contributed by atoms with Crippen LogP contribution in [0.1, 0.15) is 32.6 Å². The Labute approximate surface area is 121 Å². The van der Waals surface area contributed by atoms with Gasteiger partial charge >= 0.3 is 0 Å². The maximum absolute atomic E-state index is 14.5. The Morgan fingerprint density at radius 2 is 1.89 bits per heavy atom. The Hall–Kier alpha value is -0.623. The van der Waals surface area contributed by atoms with E-state index in [1.54, 1.807) is 6.07 Å². The number of rotatable bonds is 6. The number of alkyl halides is 1. The van der Waals surface area contributed by atoms with Crippen molar-refractivity contribution in [3.05, 3.63) is 22.2 Å². The SMILES string of the molecule is CC[Si](CC)(CC)c1cc(Br)nc(C(F)C=O)c1F. The number of carbonyl (C=O) groups is 1. The van der Waals surface area contributed by atoms with Crippen LogP contribution in [-0.2, 0) is 4.79 Å². The average Bonchev–Trinajstić information content (AvgIpc) is 2.43. The fourth-order valence-corrected chi connectivity index (χ4v) is 6.78. The monoisotopic (exact) mass is 349 g/mol. The first-order valence-corrected chi connectivity index (χ1v) is 9.82. The molecular weight excluding hydrogens is 332 g/mol. The lowest BCUT2D eigenvalue weighted by atomic mass is 10.2. The molecule has 0 aliphatic heterocycles. The van der Waals surface area contributed by atoms with Crippen molar-refractivity contribution in [1.29, 1.82) is 0 Å². The Balaban J connectivity index is 3.51. The Morgan fingerprint density at radius 1 is 1.37 bits per heavy atom. The van der Waals surface area contributed by atoms with E-state index in [-0.39, 0.29) is 6.29 Å². The lowest BCUT2D eigenvalue weighted by molar-refractivity contribution is -0.112. The molecular formula is C13H18BrF2NOSi. The van der Waals surface area contributed by atoms with Crippen molar-refractivity contribution in [2.45, 2.75) is 45.1 Å². The first-order valence-electron chi connectivity index (χ1n) is 6.41. The molecule has 1 unspecified atom stereocenters. The van der Waals surface area contributed by atoms with Crippen molar-refractivity contribution in [2.75, 3.05) is 0 Å². The molecule has 0 amide bonds. The van der Waals surface area contributed by atoms with Gasteiger partial charge in [0.05, 0.1) is 8.07 Å². The molecule has 6 heteroatoms. The molecule has 0 saturated carbocycles. The lowest BCUT2D eigenvalue weighted by Crippen LogP contribution is -2.48. The molecule has 1 aromatic rings. The van der Waals surface area contributed by atoms with Crippen LogP contribution in [-0.4, -0.2) is 19.3 Å². The van der Waals surface area contributed by atoms with E-state index in [2.05, 4.69) is 20.9 Å². The molecule has 1 rings (SSSR count). The van der Waals surface area contributed by atoms with Crippen LogP contribution < -0.4 is 5.19 Å². The van der Waals surface area contributed by atoms with Gasteiger partial charge in [0.1, 0.15) is 16.1 Å². The van der Waals surface area contributed by atoms with Crippen molar-refractivity contribution in [1.82, 2.24) is 4.98 Å². The van der Waals surface area contributed by atoms with Gasteiger partial charge in [0.25, 0.3) is 0 Å². The van der Waals surface area contributed by atoms with E-state index in [1.165, 1.54) is 0 Å². The zero-order chi connectivity index (χ0) is 14.6. The van der Waals surface area contributed by atoms with Crippen LogP contribution in [0.25, 0.3) is 0 Å². The van der Waals surface area contributed by atoms with E-state index in [0.29, 0.717) is 9.79 Å². The van der Waals surface area contributed by atoms with Gasteiger partial charge in [-0.25, -0.2) is 13.8 Å². The van der Waals surface area contributed by atoms with Crippen molar-refractivity contribution in [3.8, 4) is 0 Å². The van der Waals surface area contributed by atoms with Crippen molar-refractivity contribution >= 4 is 35.5 Å². The highest BCUT2D eigenvalue weighted by Crippen LogP contribution is 2.26. The van der Waals surface area contributed by atoms with E-state index in [0.717, 1.165) is 18.1 Å². The van der Waals surface area contributed by atoms with Crippen LogP contribution in [0, 0.1) is 5.82 Å². The second kappa shape index (κ2) is 6.70. The van der Waals surface area contributed by atoms with Gasteiger partial charge in [-0.2, -0.15) is 0 Å². The highest BCUT2D eigenvalue weighted by Gasteiger charge is 2.34. The van der Waals surface area contributed by atoms with Crippen LogP contribution in [0.3, 0.4) is 0 Å². The fourth-order valence-electron chi connectivity index (χ4n) is 2.47. The van der Waals surface area contributed by atoms with E-state index in [4.69, 9.17) is 0 Å². The molecule has 19 heavy (non-hydrogen) atoms. The Bertz CT molecular complexity index is 458. The van der Waals surface area contributed by atoms with Gasteiger partial charge in [-0.1, -0.05) is 38.9 Å². The minimum atomic E-state index is -2.01. The van der Waals surface area contributed by atoms with Gasteiger partial charge in [0.15, 0.2) is 12.5 Å². The average molecular weight is 350 g/mol. The summed E-state index contributed by atoms with van der Waals surface area (Å²) in [6, 6.07) is 4.29. The summed E-state index contributed by atoms with van der Waals surface area (Å²) in [7, 11) is -1.99. The molecule has 0 aliphatic rings. The fraction of sp³-hybridized carbons (Fsp3) is 0.538. The number of pyridine rings is 1. The predicted molar refractivity (Wildman–Crippen MR) is 78.6 cm³/mol. The standard InChI is InChI=1S/C13H18BrF2NOSi/c1-4-19(5-2,6-3)10-7-11(14)17-13(12(10)16)9(15)8-18/h7-9H,4-6H2,1-3H3. The van der Waals surface area contributed by atoms with Gasteiger partial charge in [0, 0.05) is 0 Å². The molecule has 2 nitrogen and oxygen atoms in total. The third-order valence-corrected chi connectivity index (χ3v) is 9.91. The summed E-state index contributed by atoms with van der Waals surface area (Å²) in [6.45, 7) is 6.12. The highest BCUT2D eigenvalue weighted by atomic mass is 79.9. The first kappa shape index (κ1) is 16.4. The molecule has 0 spiro atoms. The molecule has 0 saturated heterocycles. The quantitative estimate of drug-likeness (QED) is 0.442. The minimum absolute atomic E-state index is 0.0781. The molecule has 1 aromatic heterocycles. The summed E-state index contributed by atoms with van der Waals surface area (Å²) in [5.74, 6) is -0.639. The number of aldehydes is 1. The second-order valence-electron chi connectivity index (χ2n) is 4.57. The molecule has 0 N–H and O–H groups in total. The Morgan fingerprint density at radius 3 is 2.32 bits per heavy atom. The first-order chi connectivity index (χ1) is 8.95. The zero-order valence-electron chi connectivity index (χ0n) is 11.3. The van der Waals surface area contributed by atoms with Crippen molar-refractivity contribution in [2.24, 2.45) is 0 Å². The smallest absolute Gasteiger partial charge is 0.200 e. The molecule has 106 valence electrons. The zero-order valence-corrected chi connectivity index (χ0v) is 13.9. The molecule has 1 atom stereocenters. The third-order valence-electron chi connectivity index (χ3n) is 3.93. The van der Waals surface area contributed by atoms with Crippen LogP contribution in [0.15, 0.2) is 10.7 Å². The van der Waals surface area contributed by atoms with Crippen LogP contribution in [0.4, 0.5) is 8.78 Å². The third kappa shape index (κ3) is 3.10. The largest absolute Gasteiger partial charge is 0.300 e. The van der Waals surface area contributed by atoms with Crippen molar-refractivity contribution in [3.63, 3.8) is 0 Å². The van der Waals surface area contributed by atoms with Gasteiger partial charge in [-0.3, -0.25) is 4.79 Å². The summed E-state index contributed by atoms with van der Waals surface area (Å²) in [5, 5.41) is 0.571.